The van der Waals surface area contributed by atoms with Crippen molar-refractivity contribution in [2.45, 2.75) is 26.4 Å². The maximum absolute atomic E-state index is 13.1. The number of aliphatic hydroxyl groups is 1. The molecule has 19 heavy (non-hydrogen) atoms. The number of ether oxygens (including phenoxy) is 1. The van der Waals surface area contributed by atoms with Crippen LogP contribution in [0.15, 0.2) is 18.2 Å². The van der Waals surface area contributed by atoms with Gasteiger partial charge in [-0.2, -0.15) is 0 Å². The predicted molar refractivity (Wildman–Crippen MR) is 71.5 cm³/mol. The summed E-state index contributed by atoms with van der Waals surface area (Å²) in [7, 11) is -3.13. The van der Waals surface area contributed by atoms with Gasteiger partial charge in [0.05, 0.1) is 17.6 Å². The molecule has 1 N–H and O–H groups in total. The fourth-order valence-electron chi connectivity index (χ4n) is 1.67. The molecule has 0 amide bonds. The summed E-state index contributed by atoms with van der Waals surface area (Å²) in [5, 5.41) is 9.52. The molecule has 1 unspecified atom stereocenters. The summed E-state index contributed by atoms with van der Waals surface area (Å²) >= 11 is 0. The highest BCUT2D eigenvalue weighted by Crippen LogP contribution is 2.25. The van der Waals surface area contributed by atoms with Crippen molar-refractivity contribution >= 4 is 9.84 Å². The van der Waals surface area contributed by atoms with Gasteiger partial charge in [0.1, 0.15) is 18.2 Å². The normalized spacial score (nSPS) is 13.3. The minimum Gasteiger partial charge on any atom is -0.492 e. The molecule has 0 aromatic heterocycles. The number of halogens is 1. The third-order valence-electron chi connectivity index (χ3n) is 2.59. The minimum atomic E-state index is -3.13. The fourth-order valence-corrected chi connectivity index (χ4v) is 2.83. The number of hydrogen-bond donors (Lipinski definition) is 1. The van der Waals surface area contributed by atoms with E-state index in [1.165, 1.54) is 19.1 Å². The zero-order chi connectivity index (χ0) is 14.5. The molecule has 0 aliphatic heterocycles. The molecule has 1 aromatic rings. The van der Waals surface area contributed by atoms with E-state index in [1.807, 2.05) is 0 Å². The molecule has 0 heterocycles. The van der Waals surface area contributed by atoms with E-state index < -0.39 is 21.8 Å². The van der Waals surface area contributed by atoms with Crippen LogP contribution >= 0.6 is 0 Å². The van der Waals surface area contributed by atoms with Gasteiger partial charge in [0, 0.05) is 11.6 Å². The van der Waals surface area contributed by atoms with Crippen molar-refractivity contribution in [2.75, 3.05) is 18.1 Å². The predicted octanol–water partition coefficient (Wildman–Crippen LogP) is 2.08. The summed E-state index contributed by atoms with van der Waals surface area (Å²) in [6, 6.07) is 3.80. The van der Waals surface area contributed by atoms with Crippen molar-refractivity contribution in [1.29, 1.82) is 0 Å². The first kappa shape index (κ1) is 15.9. The molecule has 6 heteroatoms. The van der Waals surface area contributed by atoms with Crippen LogP contribution in [0.5, 0.6) is 5.75 Å². The number of hydrogen-bond acceptors (Lipinski definition) is 4. The number of rotatable bonds is 7. The summed E-state index contributed by atoms with van der Waals surface area (Å²) in [5.74, 6) is -0.308. The Hall–Kier alpha value is -1.14. The van der Waals surface area contributed by atoms with E-state index in [9.17, 15) is 17.9 Å². The van der Waals surface area contributed by atoms with E-state index in [0.717, 1.165) is 6.07 Å². The molecule has 0 saturated heterocycles. The molecule has 1 rings (SSSR count). The first-order valence-corrected chi connectivity index (χ1v) is 7.98. The highest BCUT2D eigenvalue weighted by atomic mass is 32.2. The standard InChI is InChI=1S/C13H19FO4S/c1-3-7-19(16,17)8-6-18-13-9-11(14)4-5-12(13)10(2)15/h4-5,9-10,15H,3,6-8H2,1-2H3. The summed E-state index contributed by atoms with van der Waals surface area (Å²) in [6.07, 6.45) is -0.246. The quantitative estimate of drug-likeness (QED) is 0.835. The molecule has 0 radical (unpaired) electrons. The first-order valence-electron chi connectivity index (χ1n) is 6.16. The molecule has 1 atom stereocenters. The van der Waals surface area contributed by atoms with E-state index in [4.69, 9.17) is 4.74 Å². The van der Waals surface area contributed by atoms with Gasteiger partial charge in [0.25, 0.3) is 0 Å². The summed E-state index contributed by atoms with van der Waals surface area (Å²) in [4.78, 5) is 0. The van der Waals surface area contributed by atoms with Crippen LogP contribution in [0.4, 0.5) is 4.39 Å². The van der Waals surface area contributed by atoms with Gasteiger partial charge >= 0.3 is 0 Å². The SMILES string of the molecule is CCCS(=O)(=O)CCOc1cc(F)ccc1C(C)O. The Morgan fingerprint density at radius 3 is 2.63 bits per heavy atom. The molecular formula is C13H19FO4S. The molecule has 108 valence electrons. The van der Waals surface area contributed by atoms with Crippen LogP contribution in [0.3, 0.4) is 0 Å². The second-order valence-electron chi connectivity index (χ2n) is 4.36. The van der Waals surface area contributed by atoms with Crippen LogP contribution in [-0.4, -0.2) is 31.6 Å². The van der Waals surface area contributed by atoms with Crippen molar-refractivity contribution < 1.29 is 22.7 Å². The van der Waals surface area contributed by atoms with Crippen molar-refractivity contribution in [1.82, 2.24) is 0 Å². The number of benzene rings is 1. The van der Waals surface area contributed by atoms with Crippen molar-refractivity contribution in [3.63, 3.8) is 0 Å². The molecule has 4 nitrogen and oxygen atoms in total. The Bertz CT molecular complexity index is 511. The molecule has 0 aliphatic carbocycles. The van der Waals surface area contributed by atoms with Gasteiger partial charge in [0.15, 0.2) is 9.84 Å². The average Bonchev–Trinajstić information content (AvgIpc) is 2.28. The first-order chi connectivity index (χ1) is 8.85. The number of aliphatic hydroxyl groups excluding tert-OH is 1. The maximum Gasteiger partial charge on any atom is 0.153 e. The van der Waals surface area contributed by atoms with E-state index >= 15 is 0 Å². The van der Waals surface area contributed by atoms with Crippen LogP contribution in [0, 0.1) is 5.82 Å². The highest BCUT2D eigenvalue weighted by Gasteiger charge is 2.13. The van der Waals surface area contributed by atoms with E-state index in [1.54, 1.807) is 6.92 Å². The van der Waals surface area contributed by atoms with Gasteiger partial charge in [-0.25, -0.2) is 12.8 Å². The highest BCUT2D eigenvalue weighted by molar-refractivity contribution is 7.91. The molecule has 0 fully saturated rings. The Morgan fingerprint density at radius 1 is 1.37 bits per heavy atom. The lowest BCUT2D eigenvalue weighted by Gasteiger charge is -2.13. The molecule has 0 bridgehead atoms. The summed E-state index contributed by atoms with van der Waals surface area (Å²) in [5.41, 5.74) is 0.439. The molecule has 0 spiro atoms. The second-order valence-corrected chi connectivity index (χ2v) is 6.66. The smallest absolute Gasteiger partial charge is 0.153 e. The zero-order valence-electron chi connectivity index (χ0n) is 11.1. The van der Waals surface area contributed by atoms with Gasteiger partial charge in [-0.05, 0) is 25.5 Å². The lowest BCUT2D eigenvalue weighted by atomic mass is 10.1. The van der Waals surface area contributed by atoms with E-state index in [0.29, 0.717) is 12.0 Å². The summed E-state index contributed by atoms with van der Waals surface area (Å²) < 4.78 is 41.4. The Balaban J connectivity index is 2.70. The lowest BCUT2D eigenvalue weighted by molar-refractivity contribution is 0.192. The van der Waals surface area contributed by atoms with Gasteiger partial charge < -0.3 is 9.84 Å². The lowest BCUT2D eigenvalue weighted by Crippen LogP contribution is -2.17. The van der Waals surface area contributed by atoms with Crippen molar-refractivity contribution in [2.24, 2.45) is 0 Å². The van der Waals surface area contributed by atoms with Gasteiger partial charge in [-0.15, -0.1) is 0 Å². The van der Waals surface area contributed by atoms with Crippen molar-refractivity contribution in [3.05, 3.63) is 29.6 Å². The Labute approximate surface area is 113 Å². The minimum absolute atomic E-state index is 0.0501. The molecule has 0 aliphatic rings. The topological polar surface area (TPSA) is 63.6 Å². The largest absolute Gasteiger partial charge is 0.492 e. The van der Waals surface area contributed by atoms with Crippen LogP contribution in [0.1, 0.15) is 31.9 Å². The maximum atomic E-state index is 13.1. The third-order valence-corrected chi connectivity index (χ3v) is 4.41. The fraction of sp³-hybridized carbons (Fsp3) is 0.538. The van der Waals surface area contributed by atoms with Crippen LogP contribution < -0.4 is 4.74 Å². The van der Waals surface area contributed by atoms with Crippen LogP contribution in [0.2, 0.25) is 0 Å². The van der Waals surface area contributed by atoms with Gasteiger partial charge in [0.2, 0.25) is 0 Å². The average molecular weight is 290 g/mol. The van der Waals surface area contributed by atoms with Gasteiger partial charge in [-0.1, -0.05) is 6.92 Å². The van der Waals surface area contributed by atoms with Crippen LogP contribution in [0.25, 0.3) is 0 Å². The molecule has 1 aromatic carbocycles. The Morgan fingerprint density at radius 2 is 2.05 bits per heavy atom. The van der Waals surface area contributed by atoms with E-state index in [-0.39, 0.29) is 23.9 Å². The number of sulfone groups is 1. The molecule has 0 saturated carbocycles. The summed E-state index contributed by atoms with van der Waals surface area (Å²) in [6.45, 7) is 3.27. The van der Waals surface area contributed by atoms with Gasteiger partial charge in [-0.3, -0.25) is 0 Å². The molecular weight excluding hydrogens is 271 g/mol. The van der Waals surface area contributed by atoms with E-state index in [2.05, 4.69) is 0 Å². The third kappa shape index (κ3) is 5.16. The second kappa shape index (κ2) is 6.86. The monoisotopic (exact) mass is 290 g/mol. The van der Waals surface area contributed by atoms with Crippen LogP contribution in [-0.2, 0) is 9.84 Å². The Kier molecular flexibility index (Phi) is 5.75. The van der Waals surface area contributed by atoms with Crippen molar-refractivity contribution in [3.8, 4) is 5.75 Å². The zero-order valence-corrected chi connectivity index (χ0v) is 11.9.